The molecule has 3 nitrogen and oxygen atoms in total. The zero-order valence-electron chi connectivity index (χ0n) is 10.6. The summed E-state index contributed by atoms with van der Waals surface area (Å²) in [6, 6.07) is 12.6. The Bertz CT molecular complexity index is 615. The van der Waals surface area contributed by atoms with Crippen molar-refractivity contribution in [3.63, 3.8) is 0 Å². The summed E-state index contributed by atoms with van der Waals surface area (Å²) < 4.78 is 11.7. The van der Waals surface area contributed by atoms with Crippen LogP contribution in [0.4, 0.5) is 0 Å². The highest BCUT2D eigenvalue weighted by Crippen LogP contribution is 2.35. The summed E-state index contributed by atoms with van der Waals surface area (Å²) in [6.07, 6.45) is 0.162. The number of halogens is 2. The number of nitrogens with one attached hydrogen (secondary N) is 1. The largest absolute Gasteiger partial charge is 0.484 e. The van der Waals surface area contributed by atoms with Crippen LogP contribution in [0, 0.1) is 0 Å². The Kier molecular flexibility index (Phi) is 4.01. The van der Waals surface area contributed by atoms with Gasteiger partial charge in [0.1, 0.15) is 11.9 Å². The molecule has 1 aliphatic heterocycles. The summed E-state index contributed by atoms with van der Waals surface area (Å²) in [6.45, 7) is 1.67. The molecule has 0 radical (unpaired) electrons. The zero-order chi connectivity index (χ0) is 13.9. The van der Waals surface area contributed by atoms with Crippen molar-refractivity contribution < 1.29 is 9.47 Å². The van der Waals surface area contributed by atoms with Gasteiger partial charge >= 0.3 is 0 Å². The van der Waals surface area contributed by atoms with Crippen molar-refractivity contribution in [3.05, 3.63) is 52.5 Å². The first-order chi connectivity index (χ1) is 9.70. The van der Waals surface area contributed by atoms with E-state index in [4.69, 9.17) is 32.7 Å². The van der Waals surface area contributed by atoms with E-state index in [2.05, 4.69) is 5.32 Å². The van der Waals surface area contributed by atoms with Gasteiger partial charge in [0, 0.05) is 29.2 Å². The maximum Gasteiger partial charge on any atom is 0.169 e. The number of hydrogen-bond donors (Lipinski definition) is 1. The third kappa shape index (κ3) is 3.18. The molecular weight excluding hydrogens is 297 g/mol. The Balaban J connectivity index is 1.83. The van der Waals surface area contributed by atoms with Gasteiger partial charge in [-0.2, -0.15) is 0 Å². The lowest BCUT2D eigenvalue weighted by atomic mass is 10.2. The SMILES string of the molecule is Clc1cccc(Oc2ccc(Cl)cc2OC2CNC2)c1. The van der Waals surface area contributed by atoms with Crippen molar-refractivity contribution in [2.24, 2.45) is 0 Å². The minimum Gasteiger partial charge on any atom is -0.484 e. The maximum atomic E-state index is 6.02. The minimum absolute atomic E-state index is 0.162. The standard InChI is InChI=1S/C15H13Cl2NO2/c16-10-2-1-3-12(6-10)19-14-5-4-11(17)7-15(14)20-13-8-18-9-13/h1-7,13,18H,8-9H2. The van der Waals surface area contributed by atoms with Crippen molar-refractivity contribution >= 4 is 23.2 Å². The van der Waals surface area contributed by atoms with Crippen molar-refractivity contribution in [1.29, 1.82) is 0 Å². The summed E-state index contributed by atoms with van der Waals surface area (Å²) in [5.41, 5.74) is 0. The second-order valence-corrected chi connectivity index (χ2v) is 5.42. The molecule has 20 heavy (non-hydrogen) atoms. The number of benzene rings is 2. The van der Waals surface area contributed by atoms with Gasteiger partial charge in [0.2, 0.25) is 0 Å². The third-order valence-electron chi connectivity index (χ3n) is 2.97. The maximum absolute atomic E-state index is 6.02. The molecule has 3 rings (SSSR count). The Morgan fingerprint density at radius 1 is 0.950 bits per heavy atom. The Labute approximate surface area is 127 Å². The van der Waals surface area contributed by atoms with Gasteiger partial charge in [0.15, 0.2) is 11.5 Å². The Morgan fingerprint density at radius 2 is 1.75 bits per heavy atom. The van der Waals surface area contributed by atoms with Crippen LogP contribution in [0.15, 0.2) is 42.5 Å². The topological polar surface area (TPSA) is 30.5 Å². The molecule has 0 bridgehead atoms. The van der Waals surface area contributed by atoms with E-state index in [-0.39, 0.29) is 6.10 Å². The first kappa shape index (κ1) is 13.6. The third-order valence-corrected chi connectivity index (χ3v) is 3.44. The zero-order valence-corrected chi connectivity index (χ0v) is 12.1. The lowest BCUT2D eigenvalue weighted by Crippen LogP contribution is -2.50. The molecular formula is C15H13Cl2NO2. The van der Waals surface area contributed by atoms with Gasteiger partial charge in [0.25, 0.3) is 0 Å². The van der Waals surface area contributed by atoms with E-state index in [9.17, 15) is 0 Å². The van der Waals surface area contributed by atoms with Crippen LogP contribution in [0.2, 0.25) is 10.0 Å². The predicted molar refractivity (Wildman–Crippen MR) is 80.3 cm³/mol. The molecule has 0 aromatic heterocycles. The van der Waals surface area contributed by atoms with Gasteiger partial charge in [-0.15, -0.1) is 0 Å². The van der Waals surface area contributed by atoms with Crippen LogP contribution in [-0.2, 0) is 0 Å². The molecule has 5 heteroatoms. The molecule has 104 valence electrons. The van der Waals surface area contributed by atoms with Gasteiger partial charge in [-0.05, 0) is 30.3 Å². The Hall–Kier alpha value is -1.42. The monoisotopic (exact) mass is 309 g/mol. The molecule has 1 aliphatic rings. The molecule has 1 heterocycles. The van der Waals surface area contributed by atoms with Gasteiger partial charge in [0.05, 0.1) is 0 Å². The minimum atomic E-state index is 0.162. The second kappa shape index (κ2) is 5.92. The van der Waals surface area contributed by atoms with E-state index < -0.39 is 0 Å². The van der Waals surface area contributed by atoms with Crippen LogP contribution in [0.5, 0.6) is 17.2 Å². The molecule has 0 amide bonds. The molecule has 0 aliphatic carbocycles. The van der Waals surface area contributed by atoms with E-state index in [1.807, 2.05) is 12.1 Å². The summed E-state index contributed by atoms with van der Waals surface area (Å²) in [5, 5.41) is 4.40. The van der Waals surface area contributed by atoms with E-state index in [1.54, 1.807) is 30.3 Å². The number of rotatable bonds is 4. The van der Waals surface area contributed by atoms with Gasteiger partial charge in [-0.25, -0.2) is 0 Å². The lowest BCUT2D eigenvalue weighted by molar-refractivity contribution is 0.138. The molecule has 2 aromatic rings. The fourth-order valence-electron chi connectivity index (χ4n) is 1.84. The summed E-state index contributed by atoms with van der Waals surface area (Å²) in [5.74, 6) is 1.93. The molecule has 0 saturated carbocycles. The normalized spacial score (nSPS) is 14.7. The van der Waals surface area contributed by atoms with Crippen molar-refractivity contribution in [2.45, 2.75) is 6.10 Å². The van der Waals surface area contributed by atoms with E-state index in [0.29, 0.717) is 27.3 Å². The van der Waals surface area contributed by atoms with Crippen molar-refractivity contribution in [2.75, 3.05) is 13.1 Å². The van der Waals surface area contributed by atoms with E-state index in [0.717, 1.165) is 13.1 Å². The van der Waals surface area contributed by atoms with Crippen molar-refractivity contribution in [3.8, 4) is 17.2 Å². The van der Waals surface area contributed by atoms with Crippen LogP contribution in [0.1, 0.15) is 0 Å². The molecule has 1 fully saturated rings. The molecule has 2 aromatic carbocycles. The highest BCUT2D eigenvalue weighted by Gasteiger charge is 2.20. The molecule has 1 saturated heterocycles. The average Bonchev–Trinajstić information content (AvgIpc) is 2.37. The lowest BCUT2D eigenvalue weighted by Gasteiger charge is -2.28. The van der Waals surface area contributed by atoms with Crippen LogP contribution in [-0.4, -0.2) is 19.2 Å². The van der Waals surface area contributed by atoms with Crippen LogP contribution in [0.3, 0.4) is 0 Å². The molecule has 0 unspecified atom stereocenters. The quantitative estimate of drug-likeness (QED) is 0.921. The van der Waals surface area contributed by atoms with Crippen LogP contribution >= 0.6 is 23.2 Å². The van der Waals surface area contributed by atoms with Crippen LogP contribution in [0.25, 0.3) is 0 Å². The molecule has 0 atom stereocenters. The molecule has 1 N–H and O–H groups in total. The highest BCUT2D eigenvalue weighted by molar-refractivity contribution is 6.31. The van der Waals surface area contributed by atoms with Gasteiger partial charge < -0.3 is 14.8 Å². The summed E-state index contributed by atoms with van der Waals surface area (Å²) in [4.78, 5) is 0. The second-order valence-electron chi connectivity index (χ2n) is 4.55. The average molecular weight is 310 g/mol. The first-order valence-electron chi connectivity index (χ1n) is 6.31. The highest BCUT2D eigenvalue weighted by atomic mass is 35.5. The van der Waals surface area contributed by atoms with E-state index >= 15 is 0 Å². The fraction of sp³-hybridized carbons (Fsp3) is 0.200. The van der Waals surface area contributed by atoms with E-state index in [1.165, 1.54) is 0 Å². The number of hydrogen-bond acceptors (Lipinski definition) is 3. The van der Waals surface area contributed by atoms with Crippen LogP contribution < -0.4 is 14.8 Å². The fourth-order valence-corrected chi connectivity index (χ4v) is 2.18. The Morgan fingerprint density at radius 3 is 2.45 bits per heavy atom. The predicted octanol–water partition coefficient (Wildman–Crippen LogP) is 4.14. The number of ether oxygens (including phenoxy) is 2. The summed E-state index contributed by atoms with van der Waals surface area (Å²) in [7, 11) is 0. The molecule has 0 spiro atoms. The van der Waals surface area contributed by atoms with Crippen molar-refractivity contribution in [1.82, 2.24) is 5.32 Å². The summed E-state index contributed by atoms with van der Waals surface area (Å²) >= 11 is 12.0. The van der Waals surface area contributed by atoms with Gasteiger partial charge in [-0.3, -0.25) is 0 Å². The smallest absolute Gasteiger partial charge is 0.169 e. The van der Waals surface area contributed by atoms with Gasteiger partial charge in [-0.1, -0.05) is 29.3 Å². The first-order valence-corrected chi connectivity index (χ1v) is 7.06.